The lowest BCUT2D eigenvalue weighted by atomic mass is 10.1. The molecule has 0 aromatic heterocycles. The van der Waals surface area contributed by atoms with E-state index in [2.05, 4.69) is 0 Å². The fraction of sp³-hybridized carbons (Fsp3) is 0.625. The highest BCUT2D eigenvalue weighted by Crippen LogP contribution is 2.39. The molecule has 2 aliphatic rings. The summed E-state index contributed by atoms with van der Waals surface area (Å²) >= 11 is 0. The number of aliphatic hydroxyl groups excluding tert-OH is 2. The average molecular weight is 310 g/mol. The number of hydrogen-bond donors (Lipinski definition) is 2. The van der Waals surface area contributed by atoms with Gasteiger partial charge in [0.15, 0.2) is 12.1 Å². The molecule has 122 valence electrons. The molecule has 6 heteroatoms. The van der Waals surface area contributed by atoms with Gasteiger partial charge in [0, 0.05) is 0 Å². The van der Waals surface area contributed by atoms with Crippen LogP contribution in [0.15, 0.2) is 30.3 Å². The average Bonchev–Trinajstić information content (AvgIpc) is 2.97. The number of hydrogen-bond acceptors (Lipinski definition) is 6. The van der Waals surface area contributed by atoms with E-state index in [1.807, 2.05) is 30.3 Å². The van der Waals surface area contributed by atoms with Gasteiger partial charge in [0.05, 0.1) is 13.2 Å². The highest BCUT2D eigenvalue weighted by Gasteiger charge is 2.56. The number of aliphatic hydroxyl groups is 2. The van der Waals surface area contributed by atoms with E-state index >= 15 is 0 Å². The Balaban J connectivity index is 1.71. The van der Waals surface area contributed by atoms with E-state index in [0.29, 0.717) is 6.61 Å². The minimum absolute atomic E-state index is 0.372. The molecule has 6 nitrogen and oxygen atoms in total. The molecule has 2 aliphatic heterocycles. The van der Waals surface area contributed by atoms with Gasteiger partial charge < -0.3 is 29.2 Å². The molecule has 1 aromatic rings. The second-order valence-corrected chi connectivity index (χ2v) is 6.08. The Morgan fingerprint density at radius 1 is 1.23 bits per heavy atom. The Kier molecular flexibility index (Phi) is 4.49. The van der Waals surface area contributed by atoms with Gasteiger partial charge in [-0.05, 0) is 19.4 Å². The van der Waals surface area contributed by atoms with Crippen molar-refractivity contribution in [1.82, 2.24) is 0 Å². The first-order valence-electron chi connectivity index (χ1n) is 7.46. The Morgan fingerprint density at radius 2 is 1.95 bits per heavy atom. The molecule has 3 rings (SSSR count). The first kappa shape index (κ1) is 15.9. The topological polar surface area (TPSA) is 77.4 Å². The molecule has 0 aliphatic carbocycles. The van der Waals surface area contributed by atoms with Gasteiger partial charge in [0.25, 0.3) is 0 Å². The van der Waals surface area contributed by atoms with Crippen LogP contribution in [0.2, 0.25) is 0 Å². The van der Waals surface area contributed by atoms with E-state index < -0.39 is 43.1 Å². The first-order valence-corrected chi connectivity index (χ1v) is 7.46. The van der Waals surface area contributed by atoms with Crippen molar-refractivity contribution in [2.45, 2.75) is 56.9 Å². The standard InChI is InChI=1S/C16H22O6/c1-16(2)21-14-13(19-9-10-6-4-3-5-7-10)12(11(18)8-17)20-15(14)22-16/h3-7,11-15,17-18H,8-9H2,1-2H3/t11-,12+,13?,14?,15+/m0/s1. The third-order valence-electron chi connectivity index (χ3n) is 3.88. The summed E-state index contributed by atoms with van der Waals surface area (Å²) in [5, 5.41) is 19.1. The van der Waals surface area contributed by atoms with Crippen LogP contribution in [0.5, 0.6) is 0 Å². The maximum atomic E-state index is 9.94. The minimum Gasteiger partial charge on any atom is -0.394 e. The van der Waals surface area contributed by atoms with Gasteiger partial charge in [-0.2, -0.15) is 0 Å². The third-order valence-corrected chi connectivity index (χ3v) is 3.88. The molecule has 2 unspecified atom stereocenters. The monoisotopic (exact) mass is 310 g/mol. The van der Waals surface area contributed by atoms with Crippen LogP contribution in [0.25, 0.3) is 0 Å². The highest BCUT2D eigenvalue weighted by molar-refractivity contribution is 5.13. The van der Waals surface area contributed by atoms with Crippen LogP contribution >= 0.6 is 0 Å². The molecule has 0 radical (unpaired) electrons. The molecule has 0 saturated carbocycles. The molecule has 0 amide bonds. The summed E-state index contributed by atoms with van der Waals surface area (Å²) < 4.78 is 23.1. The van der Waals surface area contributed by atoms with Crippen molar-refractivity contribution in [3.8, 4) is 0 Å². The van der Waals surface area contributed by atoms with E-state index in [0.717, 1.165) is 5.56 Å². The number of rotatable bonds is 5. The van der Waals surface area contributed by atoms with Gasteiger partial charge >= 0.3 is 0 Å². The quantitative estimate of drug-likeness (QED) is 0.838. The molecule has 5 atom stereocenters. The van der Waals surface area contributed by atoms with Crippen LogP contribution in [0, 0.1) is 0 Å². The van der Waals surface area contributed by atoms with Crippen molar-refractivity contribution < 1.29 is 29.2 Å². The molecule has 0 bridgehead atoms. The molecular weight excluding hydrogens is 288 g/mol. The highest BCUT2D eigenvalue weighted by atomic mass is 16.8. The molecule has 2 fully saturated rings. The summed E-state index contributed by atoms with van der Waals surface area (Å²) in [5.74, 6) is -0.751. The molecule has 0 spiro atoms. The molecule has 2 heterocycles. The molecule has 22 heavy (non-hydrogen) atoms. The number of benzene rings is 1. The Bertz CT molecular complexity index is 491. The summed E-state index contributed by atoms with van der Waals surface area (Å²) in [7, 11) is 0. The van der Waals surface area contributed by atoms with E-state index in [1.165, 1.54) is 0 Å². The van der Waals surface area contributed by atoms with Crippen LogP contribution in [-0.4, -0.2) is 53.3 Å². The van der Waals surface area contributed by atoms with Gasteiger partial charge in [-0.25, -0.2) is 0 Å². The van der Waals surface area contributed by atoms with Gasteiger partial charge in [-0.3, -0.25) is 0 Å². The van der Waals surface area contributed by atoms with E-state index in [9.17, 15) is 10.2 Å². The first-order chi connectivity index (χ1) is 10.5. The maximum Gasteiger partial charge on any atom is 0.190 e. The van der Waals surface area contributed by atoms with Crippen molar-refractivity contribution in [2.24, 2.45) is 0 Å². The zero-order valence-corrected chi connectivity index (χ0v) is 12.7. The normalized spacial score (nSPS) is 34.5. The smallest absolute Gasteiger partial charge is 0.190 e. The zero-order valence-electron chi connectivity index (χ0n) is 12.7. The second-order valence-electron chi connectivity index (χ2n) is 6.08. The summed E-state index contributed by atoms with van der Waals surface area (Å²) in [6.07, 6.45) is -3.25. The maximum absolute atomic E-state index is 9.94. The van der Waals surface area contributed by atoms with Crippen LogP contribution < -0.4 is 0 Å². The van der Waals surface area contributed by atoms with Gasteiger partial charge in [-0.15, -0.1) is 0 Å². The Labute approximate surface area is 129 Å². The van der Waals surface area contributed by atoms with Crippen molar-refractivity contribution in [3.63, 3.8) is 0 Å². The number of fused-ring (bicyclic) bond motifs is 1. The molecule has 2 saturated heterocycles. The van der Waals surface area contributed by atoms with Crippen molar-refractivity contribution in [3.05, 3.63) is 35.9 Å². The van der Waals surface area contributed by atoms with Crippen LogP contribution in [0.3, 0.4) is 0 Å². The zero-order chi connectivity index (χ0) is 15.7. The summed E-state index contributed by atoms with van der Waals surface area (Å²) in [5.41, 5.74) is 1.02. The van der Waals surface area contributed by atoms with Crippen molar-refractivity contribution in [1.29, 1.82) is 0 Å². The second kappa shape index (κ2) is 6.23. The Morgan fingerprint density at radius 3 is 2.64 bits per heavy atom. The summed E-state index contributed by atoms with van der Waals surface area (Å²) in [4.78, 5) is 0. The molecular formula is C16H22O6. The van der Waals surface area contributed by atoms with E-state index in [-0.39, 0.29) is 0 Å². The van der Waals surface area contributed by atoms with Crippen LogP contribution in [-0.2, 0) is 25.6 Å². The fourth-order valence-corrected chi connectivity index (χ4v) is 2.87. The van der Waals surface area contributed by atoms with Gasteiger partial charge in [0.2, 0.25) is 0 Å². The van der Waals surface area contributed by atoms with Crippen LogP contribution in [0.4, 0.5) is 0 Å². The van der Waals surface area contributed by atoms with Crippen molar-refractivity contribution >= 4 is 0 Å². The predicted octanol–water partition coefficient (Wildman–Crippen LogP) is 0.801. The largest absolute Gasteiger partial charge is 0.394 e. The molecule has 2 N–H and O–H groups in total. The van der Waals surface area contributed by atoms with Gasteiger partial charge in [-0.1, -0.05) is 30.3 Å². The predicted molar refractivity (Wildman–Crippen MR) is 76.8 cm³/mol. The summed E-state index contributed by atoms with van der Waals surface area (Å²) in [6, 6.07) is 9.73. The van der Waals surface area contributed by atoms with Crippen LogP contribution in [0.1, 0.15) is 19.4 Å². The lowest BCUT2D eigenvalue weighted by Crippen LogP contribution is -2.44. The SMILES string of the molecule is CC1(C)OC2C(OCc3ccccc3)[C@@H]([C@@H](O)CO)O[C@@H]2O1. The van der Waals surface area contributed by atoms with E-state index in [4.69, 9.17) is 18.9 Å². The lowest BCUT2D eigenvalue weighted by molar-refractivity contribution is -0.232. The Hall–Kier alpha value is -1.02. The summed E-state index contributed by atoms with van der Waals surface area (Å²) in [6.45, 7) is 3.58. The number of ether oxygens (including phenoxy) is 4. The fourth-order valence-electron chi connectivity index (χ4n) is 2.87. The lowest BCUT2D eigenvalue weighted by Gasteiger charge is -2.28. The van der Waals surface area contributed by atoms with Gasteiger partial charge in [0.1, 0.15) is 24.4 Å². The minimum atomic E-state index is -1.04. The third kappa shape index (κ3) is 3.17. The van der Waals surface area contributed by atoms with E-state index in [1.54, 1.807) is 13.8 Å². The van der Waals surface area contributed by atoms with Crippen molar-refractivity contribution in [2.75, 3.05) is 6.61 Å². The molecule has 1 aromatic carbocycles.